The number of aromatic carboxylic acids is 1. The molecule has 43 heavy (non-hydrogen) atoms. The number of nitrogens with zero attached hydrogens (tertiary/aromatic N) is 3. The number of hydrogen-bond donors (Lipinski definition) is 1. The molecule has 0 bridgehead atoms. The lowest BCUT2D eigenvalue weighted by Crippen LogP contribution is -2.46. The maximum absolute atomic E-state index is 12.2. The number of hydrogen-bond acceptors (Lipinski definition) is 5. The van der Waals surface area contributed by atoms with E-state index in [9.17, 15) is 14.7 Å². The molecule has 1 heterocycles. The van der Waals surface area contributed by atoms with Crippen molar-refractivity contribution in [1.29, 1.82) is 0 Å². The number of carbonyl (C=O) groups excluding carboxylic acids is 1. The maximum atomic E-state index is 12.2. The molecule has 1 amide bonds. The smallest absolute Gasteiger partial charge is 0.339 e. The van der Waals surface area contributed by atoms with Crippen LogP contribution in [0.2, 0.25) is 5.02 Å². The Morgan fingerprint density at radius 1 is 0.837 bits per heavy atom. The van der Waals surface area contributed by atoms with Gasteiger partial charge in [0, 0.05) is 70.0 Å². The number of carboxylic acid groups (broad SMARTS) is 1. The van der Waals surface area contributed by atoms with E-state index in [4.69, 9.17) is 16.3 Å². The predicted octanol–water partition coefficient (Wildman–Crippen LogP) is 6.84. The molecule has 5 rings (SSSR count). The van der Waals surface area contributed by atoms with Crippen molar-refractivity contribution in [3.8, 4) is 22.6 Å². The number of ether oxygens (including phenoxy) is 1. The van der Waals surface area contributed by atoms with Gasteiger partial charge in [-0.15, -0.1) is 0 Å². The normalized spacial score (nSPS) is 13.5. The van der Waals surface area contributed by atoms with E-state index < -0.39 is 5.97 Å². The zero-order chi connectivity index (χ0) is 30.3. The van der Waals surface area contributed by atoms with Crippen molar-refractivity contribution in [2.45, 2.75) is 19.4 Å². The second kappa shape index (κ2) is 13.8. The third kappa shape index (κ3) is 7.55. The van der Waals surface area contributed by atoms with Crippen molar-refractivity contribution < 1.29 is 19.4 Å². The molecular weight excluding hydrogens is 562 g/mol. The summed E-state index contributed by atoms with van der Waals surface area (Å²) in [5.74, 6) is -0.185. The summed E-state index contributed by atoms with van der Waals surface area (Å²) in [6, 6.07) is 29.2. The fourth-order valence-corrected chi connectivity index (χ4v) is 5.46. The van der Waals surface area contributed by atoms with E-state index in [-0.39, 0.29) is 17.2 Å². The highest BCUT2D eigenvalue weighted by molar-refractivity contribution is 6.30. The molecule has 0 unspecified atom stereocenters. The molecule has 1 aliphatic rings. The third-order valence-corrected chi connectivity index (χ3v) is 8.05. The van der Waals surface area contributed by atoms with Crippen LogP contribution in [0.1, 0.15) is 27.9 Å². The number of carbonyl (C=O) groups is 2. The van der Waals surface area contributed by atoms with Gasteiger partial charge in [0.1, 0.15) is 17.1 Å². The van der Waals surface area contributed by atoms with Crippen LogP contribution in [0.5, 0.6) is 11.5 Å². The summed E-state index contributed by atoms with van der Waals surface area (Å²) in [6.07, 6.45) is 0.839. The van der Waals surface area contributed by atoms with Crippen LogP contribution in [-0.2, 0) is 17.8 Å². The van der Waals surface area contributed by atoms with E-state index in [1.165, 1.54) is 11.1 Å². The number of anilines is 1. The Morgan fingerprint density at radius 2 is 1.51 bits per heavy atom. The van der Waals surface area contributed by atoms with Crippen molar-refractivity contribution in [3.63, 3.8) is 0 Å². The molecule has 7 nitrogen and oxygen atoms in total. The summed E-state index contributed by atoms with van der Waals surface area (Å²) in [5.41, 5.74) is 5.49. The molecule has 0 aliphatic carbocycles. The van der Waals surface area contributed by atoms with Crippen LogP contribution in [0.4, 0.5) is 5.69 Å². The number of carboxylic acids is 1. The Kier molecular flexibility index (Phi) is 9.65. The van der Waals surface area contributed by atoms with Crippen molar-refractivity contribution in [2.75, 3.05) is 45.2 Å². The lowest BCUT2D eigenvalue weighted by molar-refractivity contribution is -0.128. The van der Waals surface area contributed by atoms with E-state index in [0.717, 1.165) is 54.6 Å². The quantitative estimate of drug-likeness (QED) is 0.216. The summed E-state index contributed by atoms with van der Waals surface area (Å²) in [7, 11) is 3.46. The van der Waals surface area contributed by atoms with Gasteiger partial charge in [0.25, 0.3) is 0 Å². The molecular formula is C35H36ClN3O4. The van der Waals surface area contributed by atoms with Crippen LogP contribution in [-0.4, -0.2) is 67.1 Å². The first-order chi connectivity index (χ1) is 20.8. The van der Waals surface area contributed by atoms with Gasteiger partial charge in [0.15, 0.2) is 0 Å². The topological polar surface area (TPSA) is 73.3 Å². The fraction of sp³-hybridized carbons (Fsp3) is 0.257. The van der Waals surface area contributed by atoms with Crippen molar-refractivity contribution >= 4 is 29.2 Å². The molecule has 1 saturated heterocycles. The summed E-state index contributed by atoms with van der Waals surface area (Å²) in [5, 5.41) is 10.6. The average molecular weight is 598 g/mol. The Balaban J connectivity index is 1.28. The number of aryl methyl sites for hydroxylation is 1. The Hall–Kier alpha value is -4.33. The van der Waals surface area contributed by atoms with Crippen molar-refractivity contribution in [1.82, 2.24) is 9.80 Å². The van der Waals surface area contributed by atoms with Crippen LogP contribution in [0.3, 0.4) is 0 Å². The van der Waals surface area contributed by atoms with E-state index in [2.05, 4.69) is 46.2 Å². The standard InChI is InChI=1S/C35H36ClN3O4/c1-37(2)34(40)18-13-26-7-4-6-10-32(26)43-33-23-29(16-17-31(33)35(41)42)39-21-19-38(20-22-39)24-27-8-3-5-9-30(27)25-11-14-28(36)15-12-25/h3-12,14-17,23H,13,18-22,24H2,1-2H3,(H,41,42). The fourth-order valence-electron chi connectivity index (χ4n) is 5.34. The van der Waals surface area contributed by atoms with Gasteiger partial charge in [-0.25, -0.2) is 4.79 Å². The van der Waals surface area contributed by atoms with Gasteiger partial charge in [0.2, 0.25) is 5.91 Å². The van der Waals surface area contributed by atoms with Gasteiger partial charge >= 0.3 is 5.97 Å². The maximum Gasteiger partial charge on any atom is 0.339 e. The Morgan fingerprint density at radius 3 is 2.21 bits per heavy atom. The second-order valence-corrected chi connectivity index (χ2v) is 11.3. The Bertz CT molecular complexity index is 1580. The molecule has 0 saturated carbocycles. The zero-order valence-corrected chi connectivity index (χ0v) is 25.3. The molecule has 4 aromatic rings. The van der Waals surface area contributed by atoms with Gasteiger partial charge in [-0.2, -0.15) is 0 Å². The molecule has 1 N–H and O–H groups in total. The molecule has 8 heteroatoms. The number of benzene rings is 4. The van der Waals surface area contributed by atoms with Crippen LogP contribution < -0.4 is 9.64 Å². The monoisotopic (exact) mass is 597 g/mol. The summed E-state index contributed by atoms with van der Waals surface area (Å²) in [6.45, 7) is 4.19. The average Bonchev–Trinajstić information content (AvgIpc) is 3.01. The molecule has 1 fully saturated rings. The molecule has 0 atom stereocenters. The van der Waals surface area contributed by atoms with E-state index >= 15 is 0 Å². The number of rotatable bonds is 10. The van der Waals surface area contributed by atoms with Gasteiger partial charge in [-0.05, 0) is 59.0 Å². The molecule has 4 aromatic carbocycles. The van der Waals surface area contributed by atoms with Gasteiger partial charge in [-0.3, -0.25) is 9.69 Å². The van der Waals surface area contributed by atoms with Gasteiger partial charge < -0.3 is 19.6 Å². The largest absolute Gasteiger partial charge is 0.478 e. The van der Waals surface area contributed by atoms with Gasteiger partial charge in [-0.1, -0.05) is 66.2 Å². The highest BCUT2D eigenvalue weighted by Gasteiger charge is 2.22. The SMILES string of the molecule is CN(C)C(=O)CCc1ccccc1Oc1cc(N2CCN(Cc3ccccc3-c3ccc(Cl)cc3)CC2)ccc1C(=O)O. The van der Waals surface area contributed by atoms with Crippen LogP contribution in [0.25, 0.3) is 11.1 Å². The number of piperazine rings is 1. The van der Waals surface area contributed by atoms with E-state index in [0.29, 0.717) is 18.6 Å². The predicted molar refractivity (Wildman–Crippen MR) is 171 cm³/mol. The number of amides is 1. The summed E-state index contributed by atoms with van der Waals surface area (Å²) < 4.78 is 6.24. The lowest BCUT2D eigenvalue weighted by Gasteiger charge is -2.36. The van der Waals surface area contributed by atoms with Crippen LogP contribution >= 0.6 is 11.6 Å². The summed E-state index contributed by atoms with van der Waals surface area (Å²) in [4.78, 5) is 30.5. The first-order valence-corrected chi connectivity index (χ1v) is 14.8. The van der Waals surface area contributed by atoms with Gasteiger partial charge in [0.05, 0.1) is 0 Å². The van der Waals surface area contributed by atoms with Crippen molar-refractivity contribution in [3.05, 3.63) is 113 Å². The first kappa shape index (κ1) is 30.1. The lowest BCUT2D eigenvalue weighted by atomic mass is 9.99. The highest BCUT2D eigenvalue weighted by Crippen LogP contribution is 2.33. The molecule has 1 aliphatic heterocycles. The van der Waals surface area contributed by atoms with Crippen LogP contribution in [0, 0.1) is 0 Å². The molecule has 0 aromatic heterocycles. The van der Waals surface area contributed by atoms with Crippen molar-refractivity contribution in [2.24, 2.45) is 0 Å². The Labute approximate surface area is 257 Å². The summed E-state index contributed by atoms with van der Waals surface area (Å²) >= 11 is 6.11. The van der Waals surface area contributed by atoms with Crippen LogP contribution in [0.15, 0.2) is 91.0 Å². The molecule has 222 valence electrons. The van der Waals surface area contributed by atoms with E-state index in [1.807, 2.05) is 48.5 Å². The highest BCUT2D eigenvalue weighted by atomic mass is 35.5. The molecule has 0 radical (unpaired) electrons. The second-order valence-electron chi connectivity index (χ2n) is 10.9. The minimum Gasteiger partial charge on any atom is -0.478 e. The minimum absolute atomic E-state index is 0.0237. The minimum atomic E-state index is -1.05. The molecule has 0 spiro atoms. The number of halogens is 1. The first-order valence-electron chi connectivity index (χ1n) is 14.4. The third-order valence-electron chi connectivity index (χ3n) is 7.80. The zero-order valence-electron chi connectivity index (χ0n) is 24.5. The number of para-hydroxylation sites is 1. The van der Waals surface area contributed by atoms with E-state index in [1.54, 1.807) is 25.1 Å².